The fourth-order valence-electron chi connectivity index (χ4n) is 3.38. The molecule has 176 valence electrons. The van der Waals surface area contributed by atoms with Crippen molar-refractivity contribution in [2.45, 2.75) is 46.6 Å². The average Bonchev–Trinajstić information content (AvgIpc) is 3.06. The summed E-state index contributed by atoms with van der Waals surface area (Å²) in [5.41, 5.74) is 2.32. The topological polar surface area (TPSA) is 41.9 Å². The second kappa shape index (κ2) is 9.86. The molecule has 0 aliphatic heterocycles. The molecule has 1 unspecified atom stereocenters. The van der Waals surface area contributed by atoms with E-state index in [1.807, 2.05) is 24.3 Å². The smallest absolute Gasteiger partial charge is 0.200 e. The van der Waals surface area contributed by atoms with Gasteiger partial charge in [-0.05, 0) is 56.1 Å². The third-order valence-corrected chi connectivity index (χ3v) is 5.78. The molecule has 0 radical (unpaired) electrons. The molecule has 3 aromatic rings. The van der Waals surface area contributed by atoms with Crippen LogP contribution >= 0.6 is 12.2 Å². The van der Waals surface area contributed by atoms with Gasteiger partial charge in [-0.25, -0.2) is 22.0 Å². The summed E-state index contributed by atoms with van der Waals surface area (Å²) in [7, 11) is 0. The van der Waals surface area contributed by atoms with Gasteiger partial charge in [0.05, 0.1) is 29.2 Å². The highest BCUT2D eigenvalue weighted by molar-refractivity contribution is 7.80. The summed E-state index contributed by atoms with van der Waals surface area (Å²) < 4.78 is 69.7. The summed E-state index contributed by atoms with van der Waals surface area (Å²) in [6.07, 6.45) is 1.03. The molecule has 0 aliphatic carbocycles. The lowest BCUT2D eigenvalue weighted by molar-refractivity contribution is 0.366. The van der Waals surface area contributed by atoms with Gasteiger partial charge < -0.3 is 10.6 Å². The van der Waals surface area contributed by atoms with Crippen molar-refractivity contribution in [3.63, 3.8) is 0 Å². The van der Waals surface area contributed by atoms with Crippen LogP contribution in [0.1, 0.15) is 48.7 Å². The van der Waals surface area contributed by atoms with Gasteiger partial charge in [0, 0.05) is 5.69 Å². The molecule has 0 saturated heterocycles. The summed E-state index contributed by atoms with van der Waals surface area (Å²) in [6.45, 7) is 6.85. The Hall–Kier alpha value is -3.01. The van der Waals surface area contributed by atoms with E-state index in [1.165, 1.54) is 5.56 Å². The fraction of sp³-hybridized carbons (Fsp3) is 0.304. The number of benzene rings is 2. The highest BCUT2D eigenvalue weighted by atomic mass is 32.1. The summed E-state index contributed by atoms with van der Waals surface area (Å²) in [6, 6.07) is 7.83. The molecule has 1 atom stereocenters. The summed E-state index contributed by atoms with van der Waals surface area (Å²) in [5, 5.41) is 10.5. The van der Waals surface area contributed by atoms with Crippen LogP contribution in [0.25, 0.3) is 0 Å². The Kier molecular flexibility index (Phi) is 7.36. The second-order valence-corrected chi connectivity index (χ2v) is 8.17. The zero-order valence-electron chi connectivity index (χ0n) is 18.5. The van der Waals surface area contributed by atoms with E-state index in [0.29, 0.717) is 23.0 Å². The summed E-state index contributed by atoms with van der Waals surface area (Å²) in [5.74, 6) is -9.50. The maximum absolute atomic E-state index is 14.1. The Morgan fingerprint density at radius 2 is 1.48 bits per heavy atom. The number of hydrogen-bond donors (Lipinski definition) is 2. The normalized spacial score (nSPS) is 12.0. The van der Waals surface area contributed by atoms with Crippen molar-refractivity contribution in [1.29, 1.82) is 0 Å². The largest absolute Gasteiger partial charge is 0.332 e. The van der Waals surface area contributed by atoms with Gasteiger partial charge in [-0.2, -0.15) is 5.10 Å². The van der Waals surface area contributed by atoms with E-state index in [0.717, 1.165) is 16.8 Å². The van der Waals surface area contributed by atoms with Crippen LogP contribution < -0.4 is 10.6 Å². The Morgan fingerprint density at radius 3 is 2.03 bits per heavy atom. The lowest BCUT2D eigenvalue weighted by Gasteiger charge is -2.13. The second-order valence-electron chi connectivity index (χ2n) is 7.76. The number of nitrogens with zero attached hydrogens (tertiary/aromatic N) is 2. The number of aryl methyl sites for hydroxylation is 1. The third-order valence-electron chi connectivity index (χ3n) is 5.58. The number of anilines is 2. The van der Waals surface area contributed by atoms with Gasteiger partial charge in [-0.3, -0.25) is 4.68 Å². The van der Waals surface area contributed by atoms with E-state index in [2.05, 4.69) is 29.6 Å². The van der Waals surface area contributed by atoms with Gasteiger partial charge in [0.15, 0.2) is 28.4 Å². The molecule has 0 bridgehead atoms. The van der Waals surface area contributed by atoms with E-state index in [4.69, 9.17) is 12.2 Å². The molecule has 0 fully saturated rings. The summed E-state index contributed by atoms with van der Waals surface area (Å²) >= 11 is 5.35. The lowest BCUT2D eigenvalue weighted by atomic mass is 9.99. The van der Waals surface area contributed by atoms with Crippen LogP contribution in [-0.2, 0) is 6.54 Å². The molecule has 3 rings (SSSR count). The van der Waals surface area contributed by atoms with Gasteiger partial charge in [0.2, 0.25) is 5.82 Å². The quantitative estimate of drug-likeness (QED) is 0.181. The van der Waals surface area contributed by atoms with E-state index in [-0.39, 0.29) is 5.11 Å². The molecule has 10 heteroatoms. The van der Waals surface area contributed by atoms with Gasteiger partial charge in [-0.15, -0.1) is 0 Å². The number of nitrogens with one attached hydrogen (secondary N) is 2. The van der Waals surface area contributed by atoms with Gasteiger partial charge in [0.1, 0.15) is 0 Å². The Morgan fingerprint density at radius 1 is 0.939 bits per heavy atom. The monoisotopic (exact) mass is 482 g/mol. The molecular formula is C23H23F5N4S. The molecule has 0 spiro atoms. The maximum Gasteiger partial charge on any atom is 0.200 e. The van der Waals surface area contributed by atoms with Crippen molar-refractivity contribution >= 4 is 28.7 Å². The number of thiocarbonyl (C=S) groups is 1. The molecule has 2 N–H and O–H groups in total. The predicted octanol–water partition coefficient (Wildman–Crippen LogP) is 6.57. The number of halogens is 5. The van der Waals surface area contributed by atoms with Crippen LogP contribution in [-0.4, -0.2) is 14.9 Å². The average molecular weight is 483 g/mol. The van der Waals surface area contributed by atoms with Crippen LogP contribution in [0.5, 0.6) is 0 Å². The summed E-state index contributed by atoms with van der Waals surface area (Å²) in [4.78, 5) is 0. The molecule has 0 amide bonds. The van der Waals surface area contributed by atoms with Crippen LogP contribution in [0.4, 0.5) is 33.3 Å². The maximum atomic E-state index is 14.1. The zero-order chi connectivity index (χ0) is 24.4. The number of hydrogen-bond acceptors (Lipinski definition) is 2. The van der Waals surface area contributed by atoms with Crippen molar-refractivity contribution in [3.8, 4) is 0 Å². The number of aromatic nitrogens is 2. The highest BCUT2D eigenvalue weighted by Gasteiger charge is 2.26. The molecule has 4 nitrogen and oxygen atoms in total. The first-order chi connectivity index (χ1) is 15.5. The minimum Gasteiger partial charge on any atom is -0.332 e. The first-order valence-corrected chi connectivity index (χ1v) is 10.7. The van der Waals surface area contributed by atoms with Crippen LogP contribution in [0, 0.1) is 42.9 Å². The van der Waals surface area contributed by atoms with Crippen molar-refractivity contribution in [3.05, 3.63) is 75.9 Å². The minimum atomic E-state index is -2.20. The van der Waals surface area contributed by atoms with Crippen LogP contribution in [0.15, 0.2) is 24.3 Å². The third kappa shape index (κ3) is 5.00. The van der Waals surface area contributed by atoms with E-state index in [9.17, 15) is 22.0 Å². The van der Waals surface area contributed by atoms with Gasteiger partial charge >= 0.3 is 0 Å². The van der Waals surface area contributed by atoms with Gasteiger partial charge in [0.25, 0.3) is 0 Å². The highest BCUT2D eigenvalue weighted by Crippen LogP contribution is 2.26. The minimum absolute atomic E-state index is 0.258. The van der Waals surface area contributed by atoms with E-state index in [1.54, 1.807) is 13.8 Å². The Labute approximate surface area is 193 Å². The van der Waals surface area contributed by atoms with Crippen molar-refractivity contribution < 1.29 is 22.0 Å². The molecule has 33 heavy (non-hydrogen) atoms. The van der Waals surface area contributed by atoms with E-state index >= 15 is 0 Å². The van der Waals surface area contributed by atoms with Crippen LogP contribution in [0.3, 0.4) is 0 Å². The molecule has 0 aliphatic rings. The lowest BCUT2D eigenvalue weighted by Crippen LogP contribution is -2.20. The predicted molar refractivity (Wildman–Crippen MR) is 122 cm³/mol. The van der Waals surface area contributed by atoms with Crippen molar-refractivity contribution in [2.75, 3.05) is 10.6 Å². The first kappa shape index (κ1) is 24.6. The Balaban J connectivity index is 1.78. The molecule has 1 heterocycles. The first-order valence-electron chi connectivity index (χ1n) is 10.3. The standard InChI is InChI=1S/C23H23F5N4S/c1-5-11(2)14-6-8-15(9-7-14)29-23(33)30-22-12(3)31-32(13(22)4)10-16-17(24)19(26)21(28)20(27)18(16)25/h6-9,11H,5,10H2,1-4H3,(H2,29,30,33). The molecular weight excluding hydrogens is 459 g/mol. The molecule has 2 aromatic carbocycles. The number of rotatable bonds is 6. The van der Waals surface area contributed by atoms with E-state index < -0.39 is 41.2 Å². The van der Waals surface area contributed by atoms with Crippen molar-refractivity contribution in [1.82, 2.24) is 9.78 Å². The molecule has 1 aromatic heterocycles. The van der Waals surface area contributed by atoms with Crippen molar-refractivity contribution in [2.24, 2.45) is 0 Å². The fourth-order valence-corrected chi connectivity index (χ4v) is 3.60. The SMILES string of the molecule is CCC(C)c1ccc(NC(=S)Nc2c(C)nn(Cc3c(F)c(F)c(F)c(F)c3F)c2C)cc1. The van der Waals surface area contributed by atoms with Crippen LogP contribution in [0.2, 0.25) is 0 Å². The molecule has 0 saturated carbocycles. The van der Waals surface area contributed by atoms with Gasteiger partial charge in [-0.1, -0.05) is 26.0 Å². The zero-order valence-corrected chi connectivity index (χ0v) is 19.3. The Bertz CT molecular complexity index is 1160.